The lowest BCUT2D eigenvalue weighted by molar-refractivity contribution is -0.120. The van der Waals surface area contributed by atoms with Crippen molar-refractivity contribution in [2.45, 2.75) is 6.92 Å². The van der Waals surface area contributed by atoms with Crippen LogP contribution in [0.15, 0.2) is 48.5 Å². The molecule has 108 valence electrons. The van der Waals surface area contributed by atoms with Crippen molar-refractivity contribution in [3.8, 4) is 11.5 Å². The normalized spacial score (nSPS) is 13.3. The van der Waals surface area contributed by atoms with Gasteiger partial charge in [0.15, 0.2) is 6.61 Å². The van der Waals surface area contributed by atoms with Gasteiger partial charge in [0.05, 0.1) is 12.2 Å². The molecule has 0 saturated carbocycles. The molecule has 2 aromatic carbocycles. The Bertz CT molecular complexity index is 654. The highest BCUT2D eigenvalue weighted by atomic mass is 16.5. The largest absolute Gasteiger partial charge is 0.490 e. The number of benzene rings is 2. The summed E-state index contributed by atoms with van der Waals surface area (Å²) in [4.78, 5) is 14.1. The number of carbonyl (C=O) groups excluding carboxylic acids is 1. The summed E-state index contributed by atoms with van der Waals surface area (Å²) in [5.41, 5.74) is 1.83. The summed E-state index contributed by atoms with van der Waals surface area (Å²) in [7, 11) is 0. The standard InChI is InChI=1S/C17H17NO3/c1-13-6-2-4-8-15(13)21-12-17(19)18-10-11-20-16-9-5-3-7-14(16)18/h2-9H,10-12H2,1H3. The van der Waals surface area contributed by atoms with Gasteiger partial charge in [-0.25, -0.2) is 0 Å². The maximum atomic E-state index is 12.4. The van der Waals surface area contributed by atoms with Gasteiger partial charge in [-0.15, -0.1) is 0 Å². The number of aryl methyl sites for hydroxylation is 1. The van der Waals surface area contributed by atoms with E-state index in [1.54, 1.807) is 4.90 Å². The Kier molecular flexibility index (Phi) is 3.77. The minimum atomic E-state index is -0.0611. The van der Waals surface area contributed by atoms with Gasteiger partial charge >= 0.3 is 0 Å². The zero-order valence-corrected chi connectivity index (χ0v) is 11.9. The summed E-state index contributed by atoms with van der Waals surface area (Å²) in [6.07, 6.45) is 0. The maximum Gasteiger partial charge on any atom is 0.265 e. The molecule has 0 bridgehead atoms. The van der Waals surface area contributed by atoms with Crippen LogP contribution in [0.1, 0.15) is 5.56 Å². The van der Waals surface area contributed by atoms with Gasteiger partial charge in [-0.2, -0.15) is 0 Å². The third-order valence-corrected chi connectivity index (χ3v) is 3.47. The lowest BCUT2D eigenvalue weighted by Gasteiger charge is -2.29. The molecule has 0 saturated heterocycles. The minimum Gasteiger partial charge on any atom is -0.490 e. The number of ether oxygens (including phenoxy) is 2. The molecule has 1 amide bonds. The quantitative estimate of drug-likeness (QED) is 0.869. The van der Waals surface area contributed by atoms with Gasteiger partial charge in [-0.3, -0.25) is 4.79 Å². The molecule has 1 aliphatic rings. The summed E-state index contributed by atoms with van der Waals surface area (Å²) in [6.45, 7) is 3.04. The summed E-state index contributed by atoms with van der Waals surface area (Å²) < 4.78 is 11.2. The summed E-state index contributed by atoms with van der Waals surface area (Å²) >= 11 is 0. The van der Waals surface area contributed by atoms with Crippen molar-refractivity contribution >= 4 is 11.6 Å². The molecule has 0 N–H and O–H groups in total. The highest BCUT2D eigenvalue weighted by molar-refractivity contribution is 5.96. The highest BCUT2D eigenvalue weighted by Crippen LogP contribution is 2.31. The van der Waals surface area contributed by atoms with Crippen molar-refractivity contribution in [2.75, 3.05) is 24.7 Å². The molecule has 0 unspecified atom stereocenters. The molecule has 1 aliphatic heterocycles. The van der Waals surface area contributed by atoms with Crippen LogP contribution >= 0.6 is 0 Å². The molecule has 4 heteroatoms. The second-order valence-electron chi connectivity index (χ2n) is 4.92. The maximum absolute atomic E-state index is 12.4. The molecule has 3 rings (SSSR count). The number of para-hydroxylation sites is 3. The number of anilines is 1. The van der Waals surface area contributed by atoms with E-state index in [0.717, 1.165) is 22.7 Å². The fourth-order valence-electron chi connectivity index (χ4n) is 2.36. The number of hydrogen-bond acceptors (Lipinski definition) is 3. The average Bonchev–Trinajstić information content (AvgIpc) is 2.53. The number of hydrogen-bond donors (Lipinski definition) is 0. The molecule has 4 nitrogen and oxygen atoms in total. The van der Waals surface area contributed by atoms with E-state index < -0.39 is 0 Å². The summed E-state index contributed by atoms with van der Waals surface area (Å²) in [5.74, 6) is 1.43. The van der Waals surface area contributed by atoms with Crippen LogP contribution in [0.2, 0.25) is 0 Å². The van der Waals surface area contributed by atoms with Crippen LogP contribution in [0.25, 0.3) is 0 Å². The molecule has 0 spiro atoms. The van der Waals surface area contributed by atoms with Crippen molar-refractivity contribution in [1.82, 2.24) is 0 Å². The van der Waals surface area contributed by atoms with Crippen molar-refractivity contribution < 1.29 is 14.3 Å². The number of fused-ring (bicyclic) bond motifs is 1. The van der Waals surface area contributed by atoms with Crippen molar-refractivity contribution in [1.29, 1.82) is 0 Å². The Balaban J connectivity index is 1.71. The topological polar surface area (TPSA) is 38.8 Å². The first-order chi connectivity index (χ1) is 10.3. The van der Waals surface area contributed by atoms with Gasteiger partial charge in [0.2, 0.25) is 0 Å². The second kappa shape index (κ2) is 5.87. The van der Waals surface area contributed by atoms with Crippen molar-refractivity contribution in [2.24, 2.45) is 0 Å². The number of nitrogens with zero attached hydrogens (tertiary/aromatic N) is 1. The predicted molar refractivity (Wildman–Crippen MR) is 81.0 cm³/mol. The first kappa shape index (κ1) is 13.5. The number of carbonyl (C=O) groups is 1. The van der Waals surface area contributed by atoms with Gasteiger partial charge in [-0.05, 0) is 30.7 Å². The van der Waals surface area contributed by atoms with E-state index in [9.17, 15) is 4.79 Å². The number of amides is 1. The lowest BCUT2D eigenvalue weighted by Crippen LogP contribution is -2.40. The van der Waals surface area contributed by atoms with E-state index in [1.165, 1.54) is 0 Å². The fraction of sp³-hybridized carbons (Fsp3) is 0.235. The molecular formula is C17H17NO3. The van der Waals surface area contributed by atoms with E-state index >= 15 is 0 Å². The molecule has 0 aromatic heterocycles. The minimum absolute atomic E-state index is 0.0270. The van der Waals surface area contributed by atoms with Crippen LogP contribution in [-0.4, -0.2) is 25.7 Å². The fourth-order valence-corrected chi connectivity index (χ4v) is 2.36. The van der Waals surface area contributed by atoms with Crippen LogP contribution < -0.4 is 14.4 Å². The van der Waals surface area contributed by atoms with Gasteiger partial charge in [0.25, 0.3) is 5.91 Å². The smallest absolute Gasteiger partial charge is 0.265 e. The monoisotopic (exact) mass is 283 g/mol. The molecule has 1 heterocycles. The Labute approximate surface area is 123 Å². The van der Waals surface area contributed by atoms with E-state index in [0.29, 0.717) is 13.2 Å². The van der Waals surface area contributed by atoms with E-state index in [2.05, 4.69) is 0 Å². The van der Waals surface area contributed by atoms with Crippen LogP contribution in [-0.2, 0) is 4.79 Å². The zero-order chi connectivity index (χ0) is 14.7. The van der Waals surface area contributed by atoms with Crippen molar-refractivity contribution in [3.05, 3.63) is 54.1 Å². The Morgan fingerprint density at radius 3 is 2.81 bits per heavy atom. The zero-order valence-electron chi connectivity index (χ0n) is 11.9. The Hall–Kier alpha value is -2.49. The van der Waals surface area contributed by atoms with Gasteiger partial charge in [0.1, 0.15) is 18.1 Å². The number of rotatable bonds is 3. The van der Waals surface area contributed by atoms with E-state index in [4.69, 9.17) is 9.47 Å². The first-order valence-electron chi connectivity index (χ1n) is 6.96. The van der Waals surface area contributed by atoms with E-state index in [-0.39, 0.29) is 12.5 Å². The van der Waals surface area contributed by atoms with Crippen LogP contribution in [0, 0.1) is 6.92 Å². The van der Waals surface area contributed by atoms with Crippen molar-refractivity contribution in [3.63, 3.8) is 0 Å². The third-order valence-electron chi connectivity index (χ3n) is 3.47. The van der Waals surface area contributed by atoms with E-state index in [1.807, 2.05) is 55.5 Å². The molecule has 0 fully saturated rings. The molecule has 0 aliphatic carbocycles. The predicted octanol–water partition coefficient (Wildman–Crippen LogP) is 2.80. The lowest BCUT2D eigenvalue weighted by atomic mass is 10.2. The molecule has 21 heavy (non-hydrogen) atoms. The van der Waals surface area contributed by atoms with Gasteiger partial charge in [-0.1, -0.05) is 30.3 Å². The molecule has 0 atom stereocenters. The summed E-state index contributed by atoms with van der Waals surface area (Å²) in [5, 5.41) is 0. The second-order valence-corrected chi connectivity index (χ2v) is 4.92. The first-order valence-corrected chi connectivity index (χ1v) is 6.96. The summed E-state index contributed by atoms with van der Waals surface area (Å²) in [6, 6.07) is 15.2. The average molecular weight is 283 g/mol. The highest BCUT2D eigenvalue weighted by Gasteiger charge is 2.23. The van der Waals surface area contributed by atoms with Crippen LogP contribution in [0.5, 0.6) is 11.5 Å². The Morgan fingerprint density at radius 2 is 1.95 bits per heavy atom. The Morgan fingerprint density at radius 1 is 1.19 bits per heavy atom. The van der Waals surface area contributed by atoms with Crippen LogP contribution in [0.3, 0.4) is 0 Å². The SMILES string of the molecule is Cc1ccccc1OCC(=O)N1CCOc2ccccc21. The van der Waals surface area contributed by atoms with Gasteiger partial charge in [0, 0.05) is 0 Å². The third kappa shape index (κ3) is 2.84. The van der Waals surface area contributed by atoms with Gasteiger partial charge < -0.3 is 14.4 Å². The molecule has 0 radical (unpaired) electrons. The molecular weight excluding hydrogens is 266 g/mol. The molecule has 2 aromatic rings. The van der Waals surface area contributed by atoms with Crippen LogP contribution in [0.4, 0.5) is 5.69 Å².